The van der Waals surface area contributed by atoms with Crippen LogP contribution in [-0.2, 0) is 6.54 Å². The van der Waals surface area contributed by atoms with Gasteiger partial charge in [0.05, 0.1) is 17.9 Å². The predicted molar refractivity (Wildman–Crippen MR) is 109 cm³/mol. The zero-order valence-corrected chi connectivity index (χ0v) is 16.6. The van der Waals surface area contributed by atoms with Crippen molar-refractivity contribution in [3.8, 4) is 11.3 Å². The predicted octanol–water partition coefficient (Wildman–Crippen LogP) is 4.65. The number of carbonyl (C=O) groups is 1. The number of hydrogen-bond acceptors (Lipinski definition) is 3. The fourth-order valence-electron chi connectivity index (χ4n) is 3.34. The van der Waals surface area contributed by atoms with Gasteiger partial charge in [-0.15, -0.1) is 0 Å². The monoisotopic (exact) mass is 359 g/mol. The van der Waals surface area contributed by atoms with Gasteiger partial charge in [0.25, 0.3) is 5.91 Å². The van der Waals surface area contributed by atoms with Gasteiger partial charge in [0.15, 0.2) is 0 Å². The van der Waals surface area contributed by atoms with Gasteiger partial charge < -0.3 is 4.90 Å². The van der Waals surface area contributed by atoms with Gasteiger partial charge in [0.1, 0.15) is 0 Å². The highest BCUT2D eigenvalue weighted by atomic mass is 16.2. The molecule has 1 amide bonds. The molecule has 0 spiro atoms. The van der Waals surface area contributed by atoms with Gasteiger partial charge in [-0.05, 0) is 75.2 Å². The molecule has 0 saturated heterocycles. The largest absolute Gasteiger partial charge is 0.336 e. The highest BCUT2D eigenvalue weighted by Crippen LogP contribution is 2.21. The summed E-state index contributed by atoms with van der Waals surface area (Å²) < 4.78 is 0. The first kappa shape index (κ1) is 18.8. The molecule has 3 aromatic rings. The third-order valence-electron chi connectivity index (χ3n) is 4.40. The third-order valence-corrected chi connectivity index (χ3v) is 4.40. The number of benzene rings is 1. The van der Waals surface area contributed by atoms with Crippen molar-refractivity contribution in [2.24, 2.45) is 0 Å². The molecule has 0 fully saturated rings. The molecule has 0 N–H and O–H groups in total. The smallest absolute Gasteiger partial charge is 0.253 e. The Hall–Kier alpha value is -3.01. The van der Waals surface area contributed by atoms with E-state index < -0.39 is 0 Å². The second kappa shape index (κ2) is 7.70. The van der Waals surface area contributed by atoms with Crippen LogP contribution in [0.5, 0.6) is 0 Å². The van der Waals surface area contributed by atoms with Crippen LogP contribution in [0.3, 0.4) is 0 Å². The number of carbonyl (C=O) groups excluding carboxylic acids is 1. The molecule has 0 saturated carbocycles. The lowest BCUT2D eigenvalue weighted by Crippen LogP contribution is -2.26. The number of aromatic nitrogens is 2. The molecule has 4 nitrogen and oxygen atoms in total. The maximum atomic E-state index is 12.9. The quantitative estimate of drug-likeness (QED) is 0.681. The van der Waals surface area contributed by atoms with E-state index in [9.17, 15) is 4.79 Å². The van der Waals surface area contributed by atoms with Crippen molar-refractivity contribution in [3.63, 3.8) is 0 Å². The molecule has 4 heteroatoms. The van der Waals surface area contributed by atoms with Gasteiger partial charge in [-0.1, -0.05) is 12.1 Å². The Balaban J connectivity index is 1.84. The molecule has 0 aliphatic carbocycles. The lowest BCUT2D eigenvalue weighted by molar-refractivity contribution is 0.0783. The molecule has 3 rings (SSSR count). The Morgan fingerprint density at radius 1 is 0.889 bits per heavy atom. The van der Waals surface area contributed by atoms with E-state index in [1.54, 1.807) is 4.90 Å². The Morgan fingerprint density at radius 2 is 1.56 bits per heavy atom. The molecular formula is C23H25N3O. The Morgan fingerprint density at radius 3 is 2.22 bits per heavy atom. The number of pyridine rings is 2. The molecular weight excluding hydrogens is 334 g/mol. The van der Waals surface area contributed by atoms with E-state index in [0.717, 1.165) is 39.5 Å². The van der Waals surface area contributed by atoms with Crippen LogP contribution < -0.4 is 0 Å². The fraction of sp³-hybridized carbons (Fsp3) is 0.261. The summed E-state index contributed by atoms with van der Waals surface area (Å²) in [6.07, 6.45) is 0. The average Bonchev–Trinajstić information content (AvgIpc) is 2.59. The summed E-state index contributed by atoms with van der Waals surface area (Å²) in [7, 11) is 1.81. The minimum Gasteiger partial charge on any atom is -0.336 e. The van der Waals surface area contributed by atoms with Crippen LogP contribution in [0, 0.1) is 27.7 Å². The van der Waals surface area contributed by atoms with Crippen LogP contribution in [0.25, 0.3) is 11.3 Å². The molecule has 0 aliphatic heterocycles. The number of aryl methyl sites for hydroxylation is 4. The maximum Gasteiger partial charge on any atom is 0.253 e. The second-order valence-electron chi connectivity index (χ2n) is 7.19. The number of rotatable bonds is 4. The van der Waals surface area contributed by atoms with Crippen molar-refractivity contribution < 1.29 is 4.79 Å². The van der Waals surface area contributed by atoms with E-state index in [2.05, 4.69) is 16.9 Å². The maximum absolute atomic E-state index is 12.9. The lowest BCUT2D eigenvalue weighted by atomic mass is 10.0. The summed E-state index contributed by atoms with van der Waals surface area (Å²) in [6.45, 7) is 8.53. The molecule has 2 aromatic heterocycles. The molecule has 0 unspecified atom stereocenters. The van der Waals surface area contributed by atoms with Gasteiger partial charge in [-0.2, -0.15) is 0 Å². The summed E-state index contributed by atoms with van der Waals surface area (Å²) in [6, 6.07) is 15.8. The number of nitrogens with zero attached hydrogens (tertiary/aromatic N) is 3. The van der Waals surface area contributed by atoms with Crippen LogP contribution in [0.1, 0.15) is 38.6 Å². The molecule has 0 atom stereocenters. The minimum absolute atomic E-state index is 0.0258. The van der Waals surface area contributed by atoms with Crippen molar-refractivity contribution >= 4 is 5.91 Å². The van der Waals surface area contributed by atoms with Crippen molar-refractivity contribution in [1.29, 1.82) is 0 Å². The third kappa shape index (κ3) is 4.59. The minimum atomic E-state index is -0.0258. The average molecular weight is 359 g/mol. The van der Waals surface area contributed by atoms with Crippen LogP contribution >= 0.6 is 0 Å². The zero-order valence-electron chi connectivity index (χ0n) is 16.6. The van der Waals surface area contributed by atoms with E-state index >= 15 is 0 Å². The van der Waals surface area contributed by atoms with E-state index in [1.807, 2.05) is 76.3 Å². The van der Waals surface area contributed by atoms with Crippen molar-refractivity contribution in [1.82, 2.24) is 14.9 Å². The molecule has 0 bridgehead atoms. The summed E-state index contributed by atoms with van der Waals surface area (Å²) in [5.74, 6) is -0.0258. The first-order valence-corrected chi connectivity index (χ1v) is 9.07. The van der Waals surface area contributed by atoms with Crippen LogP contribution in [0.4, 0.5) is 0 Å². The van der Waals surface area contributed by atoms with Crippen LogP contribution in [0.2, 0.25) is 0 Å². The van der Waals surface area contributed by atoms with E-state index in [0.29, 0.717) is 12.1 Å². The first-order valence-electron chi connectivity index (χ1n) is 9.07. The summed E-state index contributed by atoms with van der Waals surface area (Å²) >= 11 is 0. The van der Waals surface area contributed by atoms with E-state index in [-0.39, 0.29) is 5.91 Å². The highest BCUT2D eigenvalue weighted by molar-refractivity contribution is 5.95. The lowest BCUT2D eigenvalue weighted by Gasteiger charge is -2.18. The van der Waals surface area contributed by atoms with Crippen molar-refractivity contribution in [3.05, 3.63) is 82.3 Å². The topological polar surface area (TPSA) is 46.1 Å². The molecule has 27 heavy (non-hydrogen) atoms. The standard InChI is InChI=1S/C23H25N3O/c1-15-9-17(3)24-21(11-15)14-26(5)23(27)20-8-6-7-19(13-20)22-12-16(2)10-18(4)25-22/h6-13H,14H2,1-5H3. The Labute approximate surface area is 160 Å². The summed E-state index contributed by atoms with van der Waals surface area (Å²) in [4.78, 5) is 23.8. The SMILES string of the molecule is Cc1cc(C)nc(CN(C)C(=O)c2cccc(-c3cc(C)cc(C)n3)c2)c1. The van der Waals surface area contributed by atoms with Crippen molar-refractivity contribution in [2.75, 3.05) is 7.05 Å². The van der Waals surface area contributed by atoms with Crippen LogP contribution in [0.15, 0.2) is 48.5 Å². The molecule has 138 valence electrons. The first-order chi connectivity index (χ1) is 12.8. The van der Waals surface area contributed by atoms with Gasteiger partial charge >= 0.3 is 0 Å². The van der Waals surface area contributed by atoms with Gasteiger partial charge in [0, 0.05) is 29.6 Å². The highest BCUT2D eigenvalue weighted by Gasteiger charge is 2.14. The Bertz CT molecular complexity index is 954. The molecule has 1 aromatic carbocycles. The second-order valence-corrected chi connectivity index (χ2v) is 7.19. The normalized spacial score (nSPS) is 10.7. The van der Waals surface area contributed by atoms with E-state index in [1.165, 1.54) is 0 Å². The van der Waals surface area contributed by atoms with Gasteiger partial charge in [-0.3, -0.25) is 14.8 Å². The van der Waals surface area contributed by atoms with Gasteiger partial charge in [0.2, 0.25) is 0 Å². The summed E-state index contributed by atoms with van der Waals surface area (Å²) in [5.41, 5.74) is 7.64. The van der Waals surface area contributed by atoms with Gasteiger partial charge in [-0.25, -0.2) is 0 Å². The number of hydrogen-bond donors (Lipinski definition) is 0. The number of amides is 1. The molecule has 0 aliphatic rings. The van der Waals surface area contributed by atoms with Crippen LogP contribution in [-0.4, -0.2) is 27.8 Å². The van der Waals surface area contributed by atoms with E-state index in [4.69, 9.17) is 0 Å². The zero-order chi connectivity index (χ0) is 19.6. The molecule has 2 heterocycles. The fourth-order valence-corrected chi connectivity index (χ4v) is 3.34. The van der Waals surface area contributed by atoms with Crippen molar-refractivity contribution in [2.45, 2.75) is 34.2 Å². The molecule has 0 radical (unpaired) electrons. The Kier molecular flexibility index (Phi) is 5.36. The summed E-state index contributed by atoms with van der Waals surface area (Å²) in [5, 5.41) is 0.